The minimum Gasteiger partial charge on any atom is -0.478 e. The molecule has 0 radical (unpaired) electrons. The van der Waals surface area contributed by atoms with Crippen LogP contribution in [0.4, 0.5) is 4.39 Å². The van der Waals surface area contributed by atoms with Crippen LogP contribution in [-0.4, -0.2) is 29.3 Å². The van der Waals surface area contributed by atoms with Crippen LogP contribution >= 0.6 is 11.6 Å². The Balaban J connectivity index is 2.52. The lowest BCUT2D eigenvalue weighted by Gasteiger charge is -2.07. The fourth-order valence-electron chi connectivity index (χ4n) is 1.79. The van der Waals surface area contributed by atoms with Gasteiger partial charge in [0, 0.05) is 23.8 Å². The normalized spacial score (nSPS) is 11.6. The van der Waals surface area contributed by atoms with E-state index >= 15 is 0 Å². The number of hydrogen-bond donors (Lipinski definition) is 1. The number of sulfone groups is 1. The molecule has 1 aromatic heterocycles. The van der Waals surface area contributed by atoms with Crippen molar-refractivity contribution in [2.24, 2.45) is 7.05 Å². The van der Waals surface area contributed by atoms with Gasteiger partial charge in [0.1, 0.15) is 4.90 Å². The molecule has 0 saturated carbocycles. The Labute approximate surface area is 124 Å². The molecule has 0 aliphatic carbocycles. The lowest BCUT2D eigenvalue weighted by Crippen LogP contribution is -2.11. The molecule has 0 unspecified atom stereocenters. The zero-order valence-electron chi connectivity index (χ0n) is 10.7. The Hall–Kier alpha value is -1.93. The van der Waals surface area contributed by atoms with E-state index in [0.29, 0.717) is 5.56 Å². The summed E-state index contributed by atoms with van der Waals surface area (Å²) in [5.74, 6) is -3.42. The Morgan fingerprint density at radius 3 is 2.67 bits per heavy atom. The monoisotopic (exact) mass is 332 g/mol. The van der Waals surface area contributed by atoms with E-state index in [9.17, 15) is 17.6 Å². The average Bonchev–Trinajstić information content (AvgIpc) is 2.76. The van der Waals surface area contributed by atoms with Crippen molar-refractivity contribution in [3.63, 3.8) is 0 Å². The first-order valence-corrected chi connectivity index (χ1v) is 7.66. The highest BCUT2D eigenvalue weighted by Crippen LogP contribution is 2.26. The van der Waals surface area contributed by atoms with E-state index < -0.39 is 37.8 Å². The van der Waals surface area contributed by atoms with Gasteiger partial charge in [-0.15, -0.1) is 0 Å². The van der Waals surface area contributed by atoms with Crippen molar-refractivity contribution in [2.45, 2.75) is 10.6 Å². The molecule has 112 valence electrons. The molecule has 0 aliphatic rings. The van der Waals surface area contributed by atoms with Gasteiger partial charge in [0.15, 0.2) is 15.7 Å². The molecule has 2 aromatic rings. The van der Waals surface area contributed by atoms with Gasteiger partial charge < -0.3 is 5.11 Å². The highest BCUT2D eigenvalue weighted by atomic mass is 35.5. The van der Waals surface area contributed by atoms with Crippen LogP contribution < -0.4 is 0 Å². The molecule has 1 aromatic carbocycles. The number of aryl methyl sites for hydroxylation is 1. The third kappa shape index (κ3) is 3.22. The molecule has 6 nitrogen and oxygen atoms in total. The van der Waals surface area contributed by atoms with Crippen LogP contribution in [-0.2, 0) is 22.6 Å². The topological polar surface area (TPSA) is 89.3 Å². The second kappa shape index (κ2) is 5.45. The number of aromatic carboxylic acids is 1. The maximum Gasteiger partial charge on any atom is 0.338 e. The summed E-state index contributed by atoms with van der Waals surface area (Å²) in [6, 6.07) is 1.76. The zero-order chi connectivity index (χ0) is 15.8. The van der Waals surface area contributed by atoms with Gasteiger partial charge in [-0.1, -0.05) is 11.6 Å². The van der Waals surface area contributed by atoms with Gasteiger partial charge >= 0.3 is 5.97 Å². The van der Waals surface area contributed by atoms with Crippen molar-refractivity contribution in [2.75, 3.05) is 0 Å². The maximum atomic E-state index is 14.1. The zero-order valence-corrected chi connectivity index (χ0v) is 12.3. The van der Waals surface area contributed by atoms with E-state index in [0.717, 1.165) is 12.1 Å². The fourth-order valence-corrected chi connectivity index (χ4v) is 3.51. The molecule has 0 amide bonds. The summed E-state index contributed by atoms with van der Waals surface area (Å²) >= 11 is 5.67. The molecule has 0 bridgehead atoms. The fraction of sp³-hybridized carbons (Fsp3) is 0.167. The van der Waals surface area contributed by atoms with Crippen molar-refractivity contribution in [1.29, 1.82) is 0 Å². The number of rotatable bonds is 4. The van der Waals surface area contributed by atoms with Gasteiger partial charge in [0.2, 0.25) is 0 Å². The standard InChI is InChI=1S/C12H10ClFN2O4S/c1-16-5-7(4-15-16)6-21(19,20)10-3-8(13)2-9(11(10)14)12(17)18/h2-5H,6H2,1H3,(H,17,18). The highest BCUT2D eigenvalue weighted by molar-refractivity contribution is 7.90. The molecule has 2 rings (SSSR count). The molecular formula is C12H10ClFN2O4S. The van der Waals surface area contributed by atoms with Crippen LogP contribution in [0.3, 0.4) is 0 Å². The van der Waals surface area contributed by atoms with Crippen LogP contribution in [0.5, 0.6) is 0 Å². The number of hydrogen-bond acceptors (Lipinski definition) is 4. The van der Waals surface area contributed by atoms with Crippen LogP contribution in [0.25, 0.3) is 0 Å². The molecule has 0 aliphatic heterocycles. The van der Waals surface area contributed by atoms with Crippen molar-refractivity contribution in [3.05, 3.63) is 46.5 Å². The summed E-state index contributed by atoms with van der Waals surface area (Å²) in [6.07, 6.45) is 2.80. The Morgan fingerprint density at radius 1 is 1.48 bits per heavy atom. The summed E-state index contributed by atoms with van der Waals surface area (Å²) in [4.78, 5) is 10.2. The number of carboxylic acid groups (broad SMARTS) is 1. The molecular weight excluding hydrogens is 323 g/mol. The average molecular weight is 333 g/mol. The minimum atomic E-state index is -4.09. The lowest BCUT2D eigenvalue weighted by molar-refractivity contribution is 0.0691. The maximum absolute atomic E-state index is 14.1. The van der Waals surface area contributed by atoms with Crippen LogP contribution in [0.2, 0.25) is 5.02 Å². The van der Waals surface area contributed by atoms with E-state index in [1.165, 1.54) is 17.1 Å². The quantitative estimate of drug-likeness (QED) is 0.923. The second-order valence-electron chi connectivity index (χ2n) is 4.35. The Bertz CT molecular complexity index is 817. The molecule has 0 saturated heterocycles. The first-order valence-electron chi connectivity index (χ1n) is 5.63. The summed E-state index contributed by atoms with van der Waals surface area (Å²) in [7, 11) is -2.48. The van der Waals surface area contributed by atoms with E-state index in [-0.39, 0.29) is 5.02 Å². The summed E-state index contributed by atoms with van der Waals surface area (Å²) < 4.78 is 39.9. The van der Waals surface area contributed by atoms with Gasteiger partial charge in [0.25, 0.3) is 0 Å². The SMILES string of the molecule is Cn1cc(CS(=O)(=O)c2cc(Cl)cc(C(=O)O)c2F)cn1. The van der Waals surface area contributed by atoms with Crippen molar-refractivity contribution in [1.82, 2.24) is 9.78 Å². The molecule has 0 atom stereocenters. The van der Waals surface area contributed by atoms with Crippen LogP contribution in [0.1, 0.15) is 15.9 Å². The van der Waals surface area contributed by atoms with E-state index in [4.69, 9.17) is 16.7 Å². The largest absolute Gasteiger partial charge is 0.478 e. The van der Waals surface area contributed by atoms with Crippen LogP contribution in [0, 0.1) is 5.82 Å². The lowest BCUT2D eigenvalue weighted by atomic mass is 10.2. The third-order valence-electron chi connectivity index (χ3n) is 2.68. The van der Waals surface area contributed by atoms with Gasteiger partial charge in [-0.3, -0.25) is 4.68 Å². The van der Waals surface area contributed by atoms with Crippen molar-refractivity contribution >= 4 is 27.4 Å². The molecule has 1 N–H and O–H groups in total. The number of carbonyl (C=O) groups is 1. The van der Waals surface area contributed by atoms with E-state index in [1.807, 2.05) is 0 Å². The number of nitrogens with zero attached hydrogens (tertiary/aromatic N) is 2. The van der Waals surface area contributed by atoms with E-state index in [1.54, 1.807) is 7.05 Å². The number of aromatic nitrogens is 2. The van der Waals surface area contributed by atoms with Gasteiger partial charge in [-0.2, -0.15) is 5.10 Å². The first kappa shape index (κ1) is 15.5. The smallest absolute Gasteiger partial charge is 0.338 e. The molecule has 0 spiro atoms. The molecule has 21 heavy (non-hydrogen) atoms. The van der Waals surface area contributed by atoms with Crippen molar-refractivity contribution in [3.8, 4) is 0 Å². The molecule has 1 heterocycles. The summed E-state index contributed by atoms with van der Waals surface area (Å²) in [5.41, 5.74) is -0.430. The third-order valence-corrected chi connectivity index (χ3v) is 4.58. The number of benzene rings is 1. The second-order valence-corrected chi connectivity index (χ2v) is 6.75. The number of halogens is 2. The van der Waals surface area contributed by atoms with Crippen LogP contribution in [0.15, 0.2) is 29.4 Å². The first-order chi connectivity index (χ1) is 9.70. The van der Waals surface area contributed by atoms with Gasteiger partial charge in [0.05, 0.1) is 17.5 Å². The summed E-state index contributed by atoms with van der Waals surface area (Å²) in [6.45, 7) is 0. The predicted molar refractivity (Wildman–Crippen MR) is 72.5 cm³/mol. The summed E-state index contributed by atoms with van der Waals surface area (Å²) in [5, 5.41) is 12.5. The highest BCUT2D eigenvalue weighted by Gasteiger charge is 2.25. The minimum absolute atomic E-state index is 0.168. The van der Waals surface area contributed by atoms with Crippen molar-refractivity contribution < 1.29 is 22.7 Å². The van der Waals surface area contributed by atoms with Gasteiger partial charge in [-0.25, -0.2) is 17.6 Å². The Kier molecular flexibility index (Phi) is 4.02. The number of carboxylic acids is 1. The Morgan fingerprint density at radius 2 is 2.14 bits per heavy atom. The molecule has 9 heteroatoms. The molecule has 0 fully saturated rings. The van der Waals surface area contributed by atoms with Gasteiger partial charge in [-0.05, 0) is 12.1 Å². The predicted octanol–water partition coefficient (Wildman–Crippen LogP) is 1.88. The van der Waals surface area contributed by atoms with E-state index in [2.05, 4.69) is 5.10 Å².